The van der Waals surface area contributed by atoms with E-state index in [2.05, 4.69) is 23.2 Å². The first kappa shape index (κ1) is 29.3. The van der Waals surface area contributed by atoms with Crippen molar-refractivity contribution in [2.24, 2.45) is 0 Å². The highest BCUT2D eigenvalue weighted by atomic mass is 16.6. The number of carbonyl (C=O) groups is 2. The van der Waals surface area contributed by atoms with Gasteiger partial charge in [-0.25, -0.2) is 19.1 Å². The van der Waals surface area contributed by atoms with Crippen LogP contribution in [0.15, 0.2) is 54.7 Å². The molecule has 1 aliphatic rings. The fraction of sp³-hybridized carbons (Fsp3) is 0.484. The highest BCUT2D eigenvalue weighted by Gasteiger charge is 2.30. The number of amides is 1. The molecule has 40 heavy (non-hydrogen) atoms. The van der Waals surface area contributed by atoms with E-state index in [0.29, 0.717) is 32.1 Å². The van der Waals surface area contributed by atoms with Gasteiger partial charge < -0.3 is 14.8 Å². The summed E-state index contributed by atoms with van der Waals surface area (Å²) in [6, 6.07) is 11.8. The minimum absolute atomic E-state index is 0.0634. The Morgan fingerprint density at radius 3 is 2.80 bits per heavy atom. The minimum atomic E-state index is -0.640. The maximum Gasteiger partial charge on any atom is 0.420 e. The van der Waals surface area contributed by atoms with Crippen LogP contribution in [-0.4, -0.2) is 56.9 Å². The van der Waals surface area contributed by atoms with Gasteiger partial charge in [-0.15, -0.1) is 0 Å². The Bertz CT molecular complexity index is 1330. The first-order valence-electron chi connectivity index (χ1n) is 14.2. The number of alkyl carbamates (subject to hydrolysis) is 1. The van der Waals surface area contributed by atoms with Crippen molar-refractivity contribution in [3.8, 4) is 0 Å². The monoisotopic (exact) mass is 547 g/mol. The van der Waals surface area contributed by atoms with Crippen LogP contribution >= 0.6 is 0 Å². The molecule has 2 aromatic heterocycles. The molecule has 0 unspecified atom stereocenters. The molecule has 3 aromatic rings. The maximum absolute atomic E-state index is 13.4. The van der Waals surface area contributed by atoms with Gasteiger partial charge >= 0.3 is 12.2 Å². The number of carbonyl (C=O) groups excluding carboxylic acids is 2. The van der Waals surface area contributed by atoms with Crippen LogP contribution < -0.4 is 5.32 Å². The molecule has 214 valence electrons. The van der Waals surface area contributed by atoms with Crippen molar-refractivity contribution in [2.75, 3.05) is 19.7 Å². The van der Waals surface area contributed by atoms with Crippen molar-refractivity contribution >= 4 is 23.2 Å². The number of nitrogens with one attached hydrogen (secondary N) is 1. The second-order valence-electron chi connectivity index (χ2n) is 11.1. The average molecular weight is 548 g/mol. The molecule has 0 aliphatic heterocycles. The Hall–Kier alpha value is -3.72. The number of rotatable bonds is 10. The number of pyridine rings is 1. The van der Waals surface area contributed by atoms with Gasteiger partial charge in [0, 0.05) is 19.3 Å². The van der Waals surface area contributed by atoms with Gasteiger partial charge in [-0.3, -0.25) is 9.88 Å². The molecular weight excluding hydrogens is 506 g/mol. The lowest BCUT2D eigenvalue weighted by atomic mass is 9.90. The summed E-state index contributed by atoms with van der Waals surface area (Å²) >= 11 is 0. The van der Waals surface area contributed by atoms with Gasteiger partial charge in [-0.2, -0.15) is 0 Å². The Balaban J connectivity index is 1.58. The lowest BCUT2D eigenvalue weighted by molar-refractivity contribution is 0.0532. The minimum Gasteiger partial charge on any atom is -0.450 e. The first-order valence-corrected chi connectivity index (χ1v) is 14.2. The molecule has 2 heterocycles. The number of para-hydroxylation sites is 2. The number of aromatic nitrogens is 3. The number of hydrogen-bond acceptors (Lipinski definition) is 7. The molecule has 1 amide bonds. The van der Waals surface area contributed by atoms with E-state index in [1.165, 1.54) is 5.56 Å². The van der Waals surface area contributed by atoms with Crippen molar-refractivity contribution < 1.29 is 19.1 Å². The van der Waals surface area contributed by atoms with E-state index < -0.39 is 17.8 Å². The Kier molecular flexibility index (Phi) is 9.93. The molecule has 1 N–H and O–H groups in total. The van der Waals surface area contributed by atoms with Gasteiger partial charge in [0.25, 0.3) is 0 Å². The molecular formula is C31H41N5O4. The predicted molar refractivity (Wildman–Crippen MR) is 155 cm³/mol. The molecule has 1 atom stereocenters. The highest BCUT2D eigenvalue weighted by Crippen LogP contribution is 2.34. The van der Waals surface area contributed by atoms with E-state index in [1.807, 2.05) is 69.5 Å². The van der Waals surface area contributed by atoms with Gasteiger partial charge in [0.05, 0.1) is 35.9 Å². The van der Waals surface area contributed by atoms with Crippen LogP contribution in [0.1, 0.15) is 76.5 Å². The SMILES string of the molecule is CCCCOC(=O)NCC=CCN(Cc1nc2ccccc2n1C(=O)OC(C)(C)C)[C@H]1CCCc2cccnc21. The largest absolute Gasteiger partial charge is 0.450 e. The predicted octanol–water partition coefficient (Wildman–Crippen LogP) is 6.18. The lowest BCUT2D eigenvalue weighted by Gasteiger charge is -2.34. The molecule has 0 radical (unpaired) electrons. The third-order valence-corrected chi connectivity index (χ3v) is 6.76. The topological polar surface area (TPSA) is 98.6 Å². The normalized spacial score (nSPS) is 15.4. The van der Waals surface area contributed by atoms with Crippen molar-refractivity contribution in [3.05, 3.63) is 71.8 Å². The van der Waals surface area contributed by atoms with Crippen LogP contribution in [0.5, 0.6) is 0 Å². The van der Waals surface area contributed by atoms with Crippen molar-refractivity contribution in [3.63, 3.8) is 0 Å². The molecule has 0 fully saturated rings. The first-order chi connectivity index (χ1) is 19.3. The molecule has 0 spiro atoms. The zero-order valence-corrected chi connectivity index (χ0v) is 24.1. The number of benzene rings is 1. The van der Waals surface area contributed by atoms with Crippen molar-refractivity contribution in [1.29, 1.82) is 0 Å². The lowest BCUT2D eigenvalue weighted by Crippen LogP contribution is -2.34. The van der Waals surface area contributed by atoms with Gasteiger partial charge in [0.1, 0.15) is 11.4 Å². The second-order valence-corrected chi connectivity index (χ2v) is 11.1. The molecule has 0 saturated carbocycles. The summed E-state index contributed by atoms with van der Waals surface area (Å²) in [6.07, 6.45) is 9.78. The summed E-state index contributed by atoms with van der Waals surface area (Å²) in [6.45, 7) is 9.44. The third kappa shape index (κ3) is 7.69. The molecule has 0 bridgehead atoms. The van der Waals surface area contributed by atoms with Crippen molar-refractivity contribution in [2.45, 2.75) is 78.0 Å². The summed E-state index contributed by atoms with van der Waals surface area (Å²) < 4.78 is 12.5. The number of fused-ring (bicyclic) bond motifs is 2. The van der Waals surface area contributed by atoms with Crippen LogP contribution in [0.3, 0.4) is 0 Å². The van der Waals surface area contributed by atoms with Crippen LogP contribution in [0.4, 0.5) is 9.59 Å². The van der Waals surface area contributed by atoms with E-state index in [1.54, 1.807) is 4.57 Å². The number of nitrogens with zero attached hydrogens (tertiary/aromatic N) is 4. The average Bonchev–Trinajstić information content (AvgIpc) is 3.29. The summed E-state index contributed by atoms with van der Waals surface area (Å²) in [7, 11) is 0. The summed E-state index contributed by atoms with van der Waals surface area (Å²) in [5.41, 5.74) is 3.14. The maximum atomic E-state index is 13.4. The quantitative estimate of drug-likeness (QED) is 0.239. The Morgan fingerprint density at radius 2 is 2.00 bits per heavy atom. The number of unbranched alkanes of at least 4 members (excludes halogenated alkanes) is 1. The smallest absolute Gasteiger partial charge is 0.420 e. The third-order valence-electron chi connectivity index (χ3n) is 6.76. The summed E-state index contributed by atoms with van der Waals surface area (Å²) in [5.74, 6) is 0.615. The standard InChI is InChI=1S/C31H41N5O4/c1-5-6-21-39-29(37)33-18-9-10-20-35(26-17-11-13-23-14-12-19-32-28(23)26)22-27-34-24-15-7-8-16-25(24)36(27)30(38)40-31(2,3)4/h7-10,12,14-16,19,26H,5-6,11,13,17-18,20-22H2,1-4H3,(H,33,37)/t26-/m0/s1. The van der Waals surface area contributed by atoms with Crippen molar-refractivity contribution in [1.82, 2.24) is 24.8 Å². The molecule has 9 heteroatoms. The van der Waals surface area contributed by atoms with E-state index in [0.717, 1.165) is 48.8 Å². The summed E-state index contributed by atoms with van der Waals surface area (Å²) in [4.78, 5) is 37.2. The molecule has 9 nitrogen and oxygen atoms in total. The Morgan fingerprint density at radius 1 is 1.18 bits per heavy atom. The molecule has 1 aromatic carbocycles. The fourth-order valence-corrected chi connectivity index (χ4v) is 4.91. The van der Waals surface area contributed by atoms with E-state index in [4.69, 9.17) is 19.4 Å². The number of ether oxygens (including phenoxy) is 2. The van der Waals surface area contributed by atoms with E-state index in [-0.39, 0.29) is 6.04 Å². The summed E-state index contributed by atoms with van der Waals surface area (Å²) in [5, 5.41) is 2.77. The molecule has 1 aliphatic carbocycles. The molecule has 4 rings (SSSR count). The molecule has 0 saturated heterocycles. The van der Waals surface area contributed by atoms with E-state index in [9.17, 15) is 9.59 Å². The van der Waals surface area contributed by atoms with Gasteiger partial charge in [-0.05, 0) is 70.2 Å². The zero-order valence-electron chi connectivity index (χ0n) is 24.1. The van der Waals surface area contributed by atoms with Crippen LogP contribution in [0, 0.1) is 0 Å². The number of hydrogen-bond donors (Lipinski definition) is 1. The number of aryl methyl sites for hydroxylation is 1. The van der Waals surface area contributed by atoms with Gasteiger partial charge in [-0.1, -0.05) is 43.7 Å². The fourth-order valence-electron chi connectivity index (χ4n) is 4.91. The van der Waals surface area contributed by atoms with Gasteiger partial charge in [0.2, 0.25) is 0 Å². The second kappa shape index (κ2) is 13.6. The highest BCUT2D eigenvalue weighted by molar-refractivity contribution is 5.87. The number of imidazole rings is 1. The van der Waals surface area contributed by atoms with Crippen LogP contribution in [-0.2, 0) is 22.4 Å². The van der Waals surface area contributed by atoms with E-state index >= 15 is 0 Å². The van der Waals surface area contributed by atoms with Crippen LogP contribution in [0.2, 0.25) is 0 Å². The zero-order chi connectivity index (χ0) is 28.5. The Labute approximate surface area is 236 Å². The van der Waals surface area contributed by atoms with Crippen LogP contribution in [0.25, 0.3) is 11.0 Å². The van der Waals surface area contributed by atoms with Gasteiger partial charge in [0.15, 0.2) is 0 Å².